The van der Waals surface area contributed by atoms with Crippen LogP contribution in [0.15, 0.2) is 42.6 Å². The van der Waals surface area contributed by atoms with Crippen LogP contribution in [-0.2, 0) is 6.54 Å². The molecule has 0 unspecified atom stereocenters. The molecule has 1 aromatic rings. The van der Waals surface area contributed by atoms with Gasteiger partial charge in [0, 0.05) is 18.9 Å². The largest absolute Gasteiger partial charge is 0.363 e. The minimum Gasteiger partial charge on any atom is -0.363 e. The molecule has 0 saturated heterocycles. The standard InChI is InChI=1S/C11H11ClN4O2.ClH/c12-10-3-2-9(6-14-10)7-15-5-1-4-13-11(15)8-16(17)18;/h1-3,5-6,8,13H,4,7H2;1H. The Morgan fingerprint density at radius 3 is 3.00 bits per heavy atom. The summed E-state index contributed by atoms with van der Waals surface area (Å²) >= 11 is 5.70. The second-order valence-corrected chi connectivity index (χ2v) is 4.07. The molecule has 6 nitrogen and oxygen atoms in total. The third kappa shape index (κ3) is 4.42. The van der Waals surface area contributed by atoms with E-state index in [0.29, 0.717) is 24.1 Å². The maximum Gasteiger partial charge on any atom is 0.274 e. The van der Waals surface area contributed by atoms with Crippen molar-refractivity contribution in [1.29, 1.82) is 0 Å². The molecule has 19 heavy (non-hydrogen) atoms. The Morgan fingerprint density at radius 2 is 2.37 bits per heavy atom. The lowest BCUT2D eigenvalue weighted by Gasteiger charge is -2.25. The van der Waals surface area contributed by atoms with Gasteiger partial charge in [0.15, 0.2) is 5.82 Å². The highest BCUT2D eigenvalue weighted by atomic mass is 35.5. The molecular formula is C11H12Cl2N4O2. The Balaban J connectivity index is 0.00000180. The van der Waals surface area contributed by atoms with Gasteiger partial charge in [-0.2, -0.15) is 0 Å². The van der Waals surface area contributed by atoms with Crippen LogP contribution in [0.5, 0.6) is 0 Å². The van der Waals surface area contributed by atoms with E-state index in [-0.39, 0.29) is 12.4 Å². The van der Waals surface area contributed by atoms with Gasteiger partial charge in [0.2, 0.25) is 0 Å². The summed E-state index contributed by atoms with van der Waals surface area (Å²) in [7, 11) is 0. The fourth-order valence-electron chi connectivity index (χ4n) is 1.58. The fraction of sp³-hybridized carbons (Fsp3) is 0.182. The quantitative estimate of drug-likeness (QED) is 0.526. The predicted molar refractivity (Wildman–Crippen MR) is 74.3 cm³/mol. The van der Waals surface area contributed by atoms with Crippen molar-refractivity contribution in [3.8, 4) is 0 Å². The Kier molecular flexibility index (Phi) is 5.59. The zero-order valence-corrected chi connectivity index (χ0v) is 11.4. The third-order valence-electron chi connectivity index (χ3n) is 2.37. The van der Waals surface area contributed by atoms with Crippen molar-refractivity contribution >= 4 is 24.0 Å². The summed E-state index contributed by atoms with van der Waals surface area (Å²) in [5.74, 6) is 0.456. The van der Waals surface area contributed by atoms with Crippen molar-refractivity contribution in [1.82, 2.24) is 15.2 Å². The number of nitrogens with zero attached hydrogens (tertiary/aromatic N) is 3. The number of rotatable bonds is 3. The maximum atomic E-state index is 10.5. The highest BCUT2D eigenvalue weighted by molar-refractivity contribution is 6.29. The smallest absolute Gasteiger partial charge is 0.274 e. The number of pyridine rings is 1. The zero-order valence-electron chi connectivity index (χ0n) is 9.82. The van der Waals surface area contributed by atoms with Gasteiger partial charge >= 0.3 is 0 Å². The second kappa shape index (κ2) is 6.96. The molecule has 8 heteroatoms. The van der Waals surface area contributed by atoms with E-state index in [9.17, 15) is 10.1 Å². The number of hydrogen-bond acceptors (Lipinski definition) is 5. The van der Waals surface area contributed by atoms with Gasteiger partial charge in [-0.1, -0.05) is 17.7 Å². The van der Waals surface area contributed by atoms with Gasteiger partial charge in [-0.05, 0) is 17.7 Å². The first kappa shape index (κ1) is 15.3. The van der Waals surface area contributed by atoms with Crippen molar-refractivity contribution < 1.29 is 4.92 Å². The lowest BCUT2D eigenvalue weighted by atomic mass is 10.2. The summed E-state index contributed by atoms with van der Waals surface area (Å²) in [5.41, 5.74) is 0.919. The molecule has 0 bridgehead atoms. The molecule has 0 radical (unpaired) electrons. The van der Waals surface area contributed by atoms with E-state index < -0.39 is 4.92 Å². The van der Waals surface area contributed by atoms with Gasteiger partial charge < -0.3 is 10.2 Å². The summed E-state index contributed by atoms with van der Waals surface area (Å²) in [6.45, 7) is 1.07. The predicted octanol–water partition coefficient (Wildman–Crippen LogP) is 2.15. The molecule has 2 heterocycles. The lowest BCUT2D eigenvalue weighted by Crippen LogP contribution is -2.32. The Morgan fingerprint density at radius 1 is 1.58 bits per heavy atom. The van der Waals surface area contributed by atoms with Gasteiger partial charge in [-0.25, -0.2) is 4.98 Å². The summed E-state index contributed by atoms with van der Waals surface area (Å²) in [5, 5.41) is 13.9. The molecule has 0 saturated carbocycles. The average Bonchev–Trinajstić information content (AvgIpc) is 2.34. The molecule has 102 valence electrons. The van der Waals surface area contributed by atoms with E-state index in [1.807, 2.05) is 12.1 Å². The van der Waals surface area contributed by atoms with Crippen LogP contribution in [0.4, 0.5) is 0 Å². The summed E-state index contributed by atoms with van der Waals surface area (Å²) in [6, 6.07) is 3.52. The molecule has 0 atom stereocenters. The zero-order chi connectivity index (χ0) is 13.0. The minimum absolute atomic E-state index is 0. The molecule has 1 aliphatic rings. The molecule has 2 rings (SSSR count). The fourth-order valence-corrected chi connectivity index (χ4v) is 1.69. The minimum atomic E-state index is -0.478. The van der Waals surface area contributed by atoms with Crippen molar-refractivity contribution in [2.45, 2.75) is 6.54 Å². The topological polar surface area (TPSA) is 71.3 Å². The van der Waals surface area contributed by atoms with Crippen LogP contribution in [0.1, 0.15) is 5.56 Å². The Hall–Kier alpha value is -1.79. The molecule has 1 aromatic heterocycles. The summed E-state index contributed by atoms with van der Waals surface area (Å²) in [6.07, 6.45) is 6.29. The SMILES string of the molecule is Cl.O=[N+]([O-])C=C1NCC=CN1Cc1ccc(Cl)nc1. The maximum absolute atomic E-state index is 10.5. The first-order valence-electron chi connectivity index (χ1n) is 5.28. The molecule has 0 aliphatic carbocycles. The van der Waals surface area contributed by atoms with Crippen LogP contribution < -0.4 is 5.32 Å². The molecule has 1 N–H and O–H groups in total. The Bertz CT molecular complexity index is 502. The van der Waals surface area contributed by atoms with Crippen molar-refractivity contribution in [3.63, 3.8) is 0 Å². The van der Waals surface area contributed by atoms with Gasteiger partial charge in [0.05, 0.1) is 11.5 Å². The molecule has 0 fully saturated rings. The van der Waals surface area contributed by atoms with Crippen LogP contribution >= 0.6 is 24.0 Å². The highest BCUT2D eigenvalue weighted by Crippen LogP contribution is 2.13. The first-order valence-corrected chi connectivity index (χ1v) is 5.66. The number of nitrogens with one attached hydrogen (secondary N) is 1. The van der Waals surface area contributed by atoms with E-state index in [0.717, 1.165) is 11.8 Å². The van der Waals surface area contributed by atoms with E-state index in [1.54, 1.807) is 23.4 Å². The molecular weight excluding hydrogens is 291 g/mol. The molecule has 0 amide bonds. The van der Waals surface area contributed by atoms with Crippen molar-refractivity contribution in [2.75, 3.05) is 6.54 Å². The van der Waals surface area contributed by atoms with Gasteiger partial charge in [-0.3, -0.25) is 10.1 Å². The number of nitro groups is 1. The van der Waals surface area contributed by atoms with E-state index >= 15 is 0 Å². The molecule has 1 aliphatic heterocycles. The number of halogens is 2. The van der Waals surface area contributed by atoms with Crippen LogP contribution in [0.2, 0.25) is 5.15 Å². The summed E-state index contributed by atoms with van der Waals surface area (Å²) < 4.78 is 0. The lowest BCUT2D eigenvalue weighted by molar-refractivity contribution is -0.404. The normalized spacial score (nSPS) is 15.8. The van der Waals surface area contributed by atoms with E-state index in [1.165, 1.54) is 0 Å². The van der Waals surface area contributed by atoms with E-state index in [4.69, 9.17) is 11.6 Å². The molecule has 0 spiro atoms. The van der Waals surface area contributed by atoms with Gasteiger partial charge in [-0.15, -0.1) is 12.4 Å². The monoisotopic (exact) mass is 302 g/mol. The average molecular weight is 303 g/mol. The van der Waals surface area contributed by atoms with Gasteiger partial charge in [0.25, 0.3) is 6.20 Å². The van der Waals surface area contributed by atoms with Crippen LogP contribution in [0, 0.1) is 10.1 Å². The highest BCUT2D eigenvalue weighted by Gasteiger charge is 2.14. The number of aromatic nitrogens is 1. The Labute approximate surface area is 121 Å². The second-order valence-electron chi connectivity index (χ2n) is 3.68. The van der Waals surface area contributed by atoms with E-state index in [2.05, 4.69) is 10.3 Å². The molecule has 0 aromatic carbocycles. The van der Waals surface area contributed by atoms with Crippen molar-refractivity contribution in [2.24, 2.45) is 0 Å². The van der Waals surface area contributed by atoms with Crippen LogP contribution in [0.3, 0.4) is 0 Å². The van der Waals surface area contributed by atoms with Crippen molar-refractivity contribution in [3.05, 3.63) is 63.5 Å². The summed E-state index contributed by atoms with van der Waals surface area (Å²) in [4.78, 5) is 15.8. The van der Waals surface area contributed by atoms with Crippen LogP contribution in [-0.4, -0.2) is 21.4 Å². The number of hydrogen-bond donors (Lipinski definition) is 1. The van der Waals surface area contributed by atoms with Gasteiger partial charge in [0.1, 0.15) is 5.15 Å². The first-order chi connectivity index (χ1) is 8.65. The van der Waals surface area contributed by atoms with Crippen LogP contribution in [0.25, 0.3) is 0 Å². The third-order valence-corrected chi connectivity index (χ3v) is 2.59.